The molecule has 4 aliphatic rings. The van der Waals surface area contributed by atoms with E-state index in [9.17, 15) is 0 Å². The van der Waals surface area contributed by atoms with Crippen LogP contribution in [0.15, 0.2) is 45.6 Å². The summed E-state index contributed by atoms with van der Waals surface area (Å²) in [6.45, 7) is 4.81. The van der Waals surface area contributed by atoms with E-state index in [1.165, 1.54) is 63.5 Å². The first kappa shape index (κ1) is 21.7. The molecule has 0 aromatic carbocycles. The van der Waals surface area contributed by atoms with Gasteiger partial charge < -0.3 is 0 Å². The third-order valence-corrected chi connectivity index (χ3v) is 8.81. The van der Waals surface area contributed by atoms with E-state index in [1.807, 2.05) is 11.1 Å². The molecule has 0 saturated carbocycles. The molecule has 4 rings (SSSR count). The maximum atomic E-state index is 2.55. The molecule has 0 bridgehead atoms. The van der Waals surface area contributed by atoms with E-state index in [4.69, 9.17) is 0 Å². The molecule has 0 radical (unpaired) electrons. The van der Waals surface area contributed by atoms with Crippen LogP contribution in [0.1, 0.15) is 65.2 Å². The molecule has 0 fully saturated rings. The zero-order chi connectivity index (χ0) is 15.8. The topological polar surface area (TPSA) is 0 Å². The van der Waals surface area contributed by atoms with E-state index in [0.717, 1.165) is 11.8 Å². The summed E-state index contributed by atoms with van der Waals surface area (Å²) in [5.41, 5.74) is 10.6. The molecule has 0 aromatic rings. The van der Waals surface area contributed by atoms with Gasteiger partial charge in [0, 0.05) is 9.52 Å². The number of hydrogen-bond donors (Lipinski definition) is 0. The summed E-state index contributed by atoms with van der Waals surface area (Å²) < 4.78 is 0. The second-order valence-electron chi connectivity index (χ2n) is 8.33. The van der Waals surface area contributed by atoms with E-state index >= 15 is 0 Å². The van der Waals surface area contributed by atoms with Crippen molar-refractivity contribution in [3.63, 3.8) is 0 Å². The fourth-order valence-corrected chi connectivity index (χ4v) is 8.32. The van der Waals surface area contributed by atoms with Gasteiger partial charge in [0.2, 0.25) is 0 Å². The fourth-order valence-electron chi connectivity index (χ4n) is 5.66. The summed E-state index contributed by atoms with van der Waals surface area (Å²) in [5.74, 6) is 1.73. The second-order valence-corrected chi connectivity index (χ2v) is 10.2. The Bertz CT molecular complexity index is 570. The summed E-state index contributed by atoms with van der Waals surface area (Å²) in [4.78, 5) is 0. The van der Waals surface area contributed by atoms with Crippen LogP contribution in [0.2, 0.25) is 12.1 Å². The molecule has 0 nitrogen and oxygen atoms in total. The molecule has 2 unspecified atom stereocenters. The first-order chi connectivity index (χ1) is 11.2. The van der Waals surface area contributed by atoms with Crippen LogP contribution in [0, 0.1) is 11.8 Å². The van der Waals surface area contributed by atoms with Crippen LogP contribution < -0.4 is 0 Å². The predicted molar refractivity (Wildman–Crippen MR) is 118 cm³/mol. The third-order valence-electron chi connectivity index (χ3n) is 6.84. The minimum atomic E-state index is 0. The van der Waals surface area contributed by atoms with Crippen molar-refractivity contribution >= 4 is 47.2 Å². The van der Waals surface area contributed by atoms with Crippen molar-refractivity contribution in [3.8, 4) is 0 Å². The van der Waals surface area contributed by atoms with Gasteiger partial charge in [0.15, 0.2) is 0 Å². The van der Waals surface area contributed by atoms with Crippen LogP contribution in [-0.4, -0.2) is 47.2 Å². The summed E-state index contributed by atoms with van der Waals surface area (Å²) in [6.07, 6.45) is 16.4. The van der Waals surface area contributed by atoms with Gasteiger partial charge in [0.1, 0.15) is 0 Å². The van der Waals surface area contributed by atoms with E-state index in [2.05, 4.69) is 26.0 Å². The van der Waals surface area contributed by atoms with Gasteiger partial charge in [-0.05, 0) is 88.2 Å². The zero-order valence-electron chi connectivity index (χ0n) is 15.1. The van der Waals surface area contributed by atoms with E-state index in [1.54, 1.807) is 22.3 Å². The zero-order valence-corrected chi connectivity index (χ0v) is 16.5. The Kier molecular flexibility index (Phi) is 8.26. The molecule has 0 spiro atoms. The molecule has 0 N–H and O–H groups in total. The molecule has 0 saturated heterocycles. The summed E-state index contributed by atoms with van der Waals surface area (Å²) >= 11 is 0. The van der Waals surface area contributed by atoms with Gasteiger partial charge in [0.25, 0.3) is 0 Å². The first-order valence-corrected chi connectivity index (χ1v) is 12.0. The molecule has 2 atom stereocenters. The van der Waals surface area contributed by atoms with Gasteiger partial charge in [-0.3, -0.25) is 0 Å². The summed E-state index contributed by atoms with van der Waals surface area (Å²) in [7, 11) is 0.0442. The Morgan fingerprint density at radius 2 is 1.12 bits per heavy atom. The van der Waals surface area contributed by atoms with Gasteiger partial charge in [-0.2, -0.15) is 0 Å². The van der Waals surface area contributed by atoms with Crippen molar-refractivity contribution < 1.29 is 0 Å². The van der Waals surface area contributed by atoms with Crippen LogP contribution in [0.4, 0.5) is 0 Å². The molecule has 128 valence electrons. The van der Waals surface area contributed by atoms with Gasteiger partial charge in [-0.1, -0.05) is 46.5 Å². The van der Waals surface area contributed by atoms with Crippen LogP contribution in [0.3, 0.4) is 0 Å². The third kappa shape index (κ3) is 4.45. The Hall–Kier alpha value is 0.372. The van der Waals surface area contributed by atoms with Gasteiger partial charge in [-0.15, -0.1) is 0 Å². The Morgan fingerprint density at radius 1 is 0.720 bits per heavy atom. The van der Waals surface area contributed by atoms with E-state index in [-0.39, 0.29) is 47.2 Å². The molecular formula is C22H34Li2Si. The monoisotopic (exact) mass is 340 g/mol. The van der Waals surface area contributed by atoms with Crippen LogP contribution in [0.5, 0.6) is 0 Å². The molecule has 25 heavy (non-hydrogen) atoms. The van der Waals surface area contributed by atoms with Crippen molar-refractivity contribution in [2.45, 2.75) is 77.3 Å². The number of rotatable bonds is 4. The van der Waals surface area contributed by atoms with Crippen molar-refractivity contribution in [3.05, 3.63) is 45.6 Å². The molecular weight excluding hydrogens is 306 g/mol. The molecule has 0 aliphatic heterocycles. The summed E-state index contributed by atoms with van der Waals surface area (Å²) in [5, 5.41) is 0. The van der Waals surface area contributed by atoms with Crippen molar-refractivity contribution in [2.75, 3.05) is 0 Å². The maximum absolute atomic E-state index is 2.55. The van der Waals surface area contributed by atoms with Crippen molar-refractivity contribution in [2.24, 2.45) is 11.8 Å². The molecule has 0 heterocycles. The average molecular weight is 340 g/mol. The molecule has 0 aromatic heterocycles. The number of allylic oxidation sites excluding steroid dienone is 8. The fraction of sp³-hybridized carbons (Fsp3) is 0.636. The Labute approximate surface area is 181 Å². The van der Waals surface area contributed by atoms with Crippen LogP contribution in [-0.2, 0) is 0 Å². The molecule has 4 aliphatic carbocycles. The number of hydrogen-bond acceptors (Lipinski definition) is 0. The van der Waals surface area contributed by atoms with Gasteiger partial charge >= 0.3 is 37.7 Å². The van der Waals surface area contributed by atoms with Gasteiger partial charge in [0.05, 0.1) is 0 Å². The van der Waals surface area contributed by atoms with Gasteiger partial charge in [-0.25, -0.2) is 0 Å². The normalized spacial score (nSPS) is 28.4. The summed E-state index contributed by atoms with van der Waals surface area (Å²) in [6, 6.07) is 3.07. The van der Waals surface area contributed by atoms with Crippen molar-refractivity contribution in [1.82, 2.24) is 0 Å². The first-order valence-electron chi connectivity index (χ1n) is 10.0. The molecule has 0 amide bonds. The van der Waals surface area contributed by atoms with E-state index < -0.39 is 0 Å². The quantitative estimate of drug-likeness (QED) is 0.657. The minimum absolute atomic E-state index is 0. The standard InChI is InChI=1S/C22H32Si.2Li.2H/c1-15-11-17-7-3-5-9-19(17)21(15)13-23-14-22-16(2)12-18-8-4-6-10-20(18)22;;;;/h11-12,21-22H,3-10,13-14,23H2,1-2H3;;;;. The predicted octanol–water partition coefficient (Wildman–Crippen LogP) is 4.59. The van der Waals surface area contributed by atoms with E-state index in [0.29, 0.717) is 0 Å². The van der Waals surface area contributed by atoms with Crippen molar-refractivity contribution in [1.29, 1.82) is 0 Å². The average Bonchev–Trinajstić information content (AvgIpc) is 3.04. The Balaban J connectivity index is 0.00000113. The second kappa shape index (κ2) is 9.53. The molecule has 3 heteroatoms. The Morgan fingerprint density at radius 3 is 1.56 bits per heavy atom. The SMILES string of the molecule is CC1=CC2=C(CCCC2)C1C[SiH2]CC1C(C)=CC2=C1CCCC2.[LiH].[LiH]. The van der Waals surface area contributed by atoms with Crippen LogP contribution in [0.25, 0.3) is 0 Å². The van der Waals surface area contributed by atoms with Crippen LogP contribution >= 0.6 is 0 Å².